The Bertz CT molecular complexity index is 1590. The van der Waals surface area contributed by atoms with Crippen LogP contribution in [0.4, 0.5) is 18.9 Å². The van der Waals surface area contributed by atoms with Crippen LogP contribution in [0.15, 0.2) is 38.6 Å². The first-order valence-electron chi connectivity index (χ1n) is 10.1. The quantitative estimate of drug-likeness (QED) is 0.484. The van der Waals surface area contributed by atoms with E-state index < -0.39 is 47.3 Å². The summed E-state index contributed by atoms with van der Waals surface area (Å²) in [5, 5.41) is 17.2. The molecule has 2 N–H and O–H groups in total. The van der Waals surface area contributed by atoms with E-state index in [0.29, 0.717) is 11.8 Å². The number of nitrogens with one attached hydrogen (secondary N) is 1. The van der Waals surface area contributed by atoms with Crippen molar-refractivity contribution in [2.24, 2.45) is 0 Å². The first-order valence-corrected chi connectivity index (χ1v) is 13.5. The molecule has 0 radical (unpaired) electrons. The predicted molar refractivity (Wildman–Crippen MR) is 123 cm³/mol. The van der Waals surface area contributed by atoms with E-state index in [0.717, 1.165) is 18.4 Å². The van der Waals surface area contributed by atoms with Gasteiger partial charge in [0.1, 0.15) is 11.5 Å². The first kappa shape index (κ1) is 27.2. The highest BCUT2D eigenvalue weighted by molar-refractivity contribution is 7.92. The third kappa shape index (κ3) is 4.69. The van der Waals surface area contributed by atoms with E-state index in [2.05, 4.69) is 10.5 Å². The molecule has 9 nitrogen and oxygen atoms in total. The maximum Gasteiger partial charge on any atom is 0.501 e. The zero-order chi connectivity index (χ0) is 27.4. The van der Waals surface area contributed by atoms with Crippen LogP contribution in [-0.2, 0) is 19.7 Å². The van der Waals surface area contributed by atoms with Gasteiger partial charge in [-0.3, -0.25) is 4.79 Å². The lowest BCUT2D eigenvalue weighted by Gasteiger charge is -2.17. The minimum absolute atomic E-state index is 0.0176. The fourth-order valence-electron chi connectivity index (χ4n) is 3.73. The van der Waals surface area contributed by atoms with Crippen molar-refractivity contribution >= 4 is 31.3 Å². The third-order valence-electron chi connectivity index (χ3n) is 5.50. The Labute approximate surface area is 204 Å². The number of alkyl halides is 3. The number of sulfone groups is 2. The second-order valence-electron chi connectivity index (χ2n) is 8.12. The number of rotatable bonds is 5. The molecule has 0 aliphatic rings. The van der Waals surface area contributed by atoms with Gasteiger partial charge in [-0.2, -0.15) is 13.2 Å². The summed E-state index contributed by atoms with van der Waals surface area (Å²) in [5.74, 6) is -1.28. The molecular formula is C22H21F3N2O7S2. The molecule has 0 bridgehead atoms. The van der Waals surface area contributed by atoms with E-state index in [1.165, 1.54) is 26.8 Å². The zero-order valence-electron chi connectivity index (χ0n) is 19.6. The molecule has 0 spiro atoms. The normalized spacial score (nSPS) is 12.6. The molecule has 36 heavy (non-hydrogen) atoms. The van der Waals surface area contributed by atoms with Crippen LogP contribution in [0, 0.1) is 27.7 Å². The molecule has 0 fully saturated rings. The number of nitrogens with zero attached hydrogens (tertiary/aromatic N) is 1. The minimum atomic E-state index is -5.60. The summed E-state index contributed by atoms with van der Waals surface area (Å²) >= 11 is 0. The number of hydrogen-bond acceptors (Lipinski definition) is 8. The highest BCUT2D eigenvalue weighted by atomic mass is 32.2. The van der Waals surface area contributed by atoms with Crippen molar-refractivity contribution in [2.45, 2.75) is 43.0 Å². The van der Waals surface area contributed by atoms with Crippen LogP contribution in [-0.4, -0.2) is 44.8 Å². The molecule has 3 rings (SSSR count). The summed E-state index contributed by atoms with van der Waals surface area (Å²) in [4.78, 5) is 12.0. The van der Waals surface area contributed by atoms with E-state index in [4.69, 9.17) is 4.52 Å². The van der Waals surface area contributed by atoms with E-state index in [-0.39, 0.29) is 38.6 Å². The highest BCUT2D eigenvalue weighted by Gasteiger charge is 2.47. The van der Waals surface area contributed by atoms with Gasteiger partial charge in [-0.05, 0) is 63.1 Å². The third-order valence-corrected chi connectivity index (χ3v) is 8.21. The summed E-state index contributed by atoms with van der Waals surface area (Å²) < 4.78 is 92.0. The molecule has 0 unspecified atom stereocenters. The van der Waals surface area contributed by atoms with Crippen molar-refractivity contribution in [1.82, 2.24) is 5.16 Å². The topological polar surface area (TPSA) is 144 Å². The lowest BCUT2D eigenvalue weighted by atomic mass is 9.96. The Hall–Kier alpha value is -3.39. The van der Waals surface area contributed by atoms with Crippen LogP contribution >= 0.6 is 0 Å². The number of phenols is 1. The number of aromatic nitrogens is 1. The van der Waals surface area contributed by atoms with Gasteiger partial charge in [0.05, 0.1) is 26.6 Å². The number of amides is 1. The van der Waals surface area contributed by atoms with Crippen LogP contribution in [0.25, 0.3) is 11.1 Å². The monoisotopic (exact) mass is 546 g/mol. The van der Waals surface area contributed by atoms with Crippen LogP contribution in [0.5, 0.6) is 5.75 Å². The molecular weight excluding hydrogens is 525 g/mol. The van der Waals surface area contributed by atoms with Crippen molar-refractivity contribution in [1.29, 1.82) is 0 Å². The number of halogens is 3. The fraction of sp³-hybridized carbons (Fsp3) is 0.273. The molecule has 0 atom stereocenters. The standard InChI is InChI=1S/C22H21F3N2O7S2/c1-10-8-14(36(32,33)22(23,24)25)6-7-16(10)26-21(29)18-11(2)17(35(5,30)31)9-15(20(18)28)19-12(3)27-34-13(19)4/h6-9,28H,1-5H3,(H,26,29). The zero-order valence-corrected chi connectivity index (χ0v) is 21.2. The molecule has 1 aromatic heterocycles. The molecule has 0 saturated carbocycles. The molecule has 0 aliphatic heterocycles. The Morgan fingerprint density at radius 3 is 2.14 bits per heavy atom. The summed E-state index contributed by atoms with van der Waals surface area (Å²) in [6.07, 6.45) is 0.926. The van der Waals surface area contributed by atoms with Gasteiger partial charge in [-0.15, -0.1) is 0 Å². The van der Waals surface area contributed by atoms with Crippen LogP contribution in [0.1, 0.15) is 32.9 Å². The second kappa shape index (κ2) is 8.92. The van der Waals surface area contributed by atoms with E-state index in [1.807, 2.05) is 0 Å². The highest BCUT2D eigenvalue weighted by Crippen LogP contribution is 2.41. The smallest absolute Gasteiger partial charge is 0.501 e. The Balaban J connectivity index is 2.16. The molecule has 0 aliphatic carbocycles. The second-order valence-corrected chi connectivity index (χ2v) is 12.0. The van der Waals surface area contributed by atoms with Crippen molar-refractivity contribution in [3.05, 3.63) is 52.4 Å². The molecule has 1 heterocycles. The van der Waals surface area contributed by atoms with Gasteiger partial charge in [0, 0.05) is 17.5 Å². The van der Waals surface area contributed by atoms with Crippen LogP contribution in [0.2, 0.25) is 0 Å². The number of aromatic hydroxyl groups is 1. The maximum absolute atomic E-state index is 13.2. The predicted octanol–water partition coefficient (Wildman–Crippen LogP) is 4.23. The fourth-order valence-corrected chi connectivity index (χ4v) is 5.56. The Kier molecular flexibility index (Phi) is 6.74. The lowest BCUT2D eigenvalue weighted by Crippen LogP contribution is -2.23. The van der Waals surface area contributed by atoms with Gasteiger partial charge in [0.2, 0.25) is 0 Å². The van der Waals surface area contributed by atoms with Crippen LogP contribution in [0.3, 0.4) is 0 Å². The largest absolute Gasteiger partial charge is 0.506 e. The number of anilines is 1. The summed E-state index contributed by atoms with van der Waals surface area (Å²) in [7, 11) is -9.48. The van der Waals surface area contributed by atoms with Gasteiger partial charge in [-0.1, -0.05) is 5.16 Å². The van der Waals surface area contributed by atoms with Crippen molar-refractivity contribution in [3.63, 3.8) is 0 Å². The molecule has 3 aromatic rings. The number of aryl methyl sites for hydroxylation is 3. The van der Waals surface area contributed by atoms with E-state index in [1.54, 1.807) is 6.92 Å². The van der Waals surface area contributed by atoms with Crippen LogP contribution < -0.4 is 5.32 Å². The number of carbonyl (C=O) groups is 1. The lowest BCUT2D eigenvalue weighted by molar-refractivity contribution is -0.0436. The number of carbonyl (C=O) groups excluding carboxylic acids is 1. The molecule has 2 aromatic carbocycles. The van der Waals surface area contributed by atoms with Gasteiger partial charge in [-0.25, -0.2) is 16.8 Å². The maximum atomic E-state index is 13.2. The first-order chi connectivity index (χ1) is 16.4. The van der Waals surface area contributed by atoms with Crippen molar-refractivity contribution < 1.29 is 44.4 Å². The van der Waals surface area contributed by atoms with E-state index in [9.17, 15) is 39.9 Å². The average molecular weight is 547 g/mol. The van der Waals surface area contributed by atoms with Crippen molar-refractivity contribution in [3.8, 4) is 16.9 Å². The molecule has 1 amide bonds. The summed E-state index contributed by atoms with van der Waals surface area (Å²) in [6.45, 7) is 5.69. The number of phenolic OH excluding ortho intramolecular Hbond substituents is 1. The van der Waals surface area contributed by atoms with E-state index >= 15 is 0 Å². The number of hydrogen-bond donors (Lipinski definition) is 2. The molecule has 194 valence electrons. The van der Waals surface area contributed by atoms with Gasteiger partial charge in [0.25, 0.3) is 15.7 Å². The van der Waals surface area contributed by atoms with Gasteiger partial charge >= 0.3 is 5.51 Å². The van der Waals surface area contributed by atoms with Gasteiger partial charge < -0.3 is 14.9 Å². The summed E-state index contributed by atoms with van der Waals surface area (Å²) in [6, 6.07) is 3.59. The molecule has 14 heteroatoms. The number of benzene rings is 2. The SMILES string of the molecule is Cc1cc(S(=O)(=O)C(F)(F)F)ccc1NC(=O)c1c(C)c(S(C)(=O)=O)cc(-c2c(C)noc2C)c1O. The average Bonchev–Trinajstić information content (AvgIpc) is 3.06. The van der Waals surface area contributed by atoms with Gasteiger partial charge in [0.15, 0.2) is 9.84 Å². The summed E-state index contributed by atoms with van der Waals surface area (Å²) in [5.41, 5.74) is -5.46. The Morgan fingerprint density at radius 1 is 1.06 bits per heavy atom. The molecule has 0 saturated heterocycles. The Morgan fingerprint density at radius 2 is 1.67 bits per heavy atom. The minimum Gasteiger partial charge on any atom is -0.506 e. The van der Waals surface area contributed by atoms with Crippen molar-refractivity contribution in [2.75, 3.05) is 11.6 Å².